The van der Waals surface area contributed by atoms with Gasteiger partial charge in [-0.25, -0.2) is 0 Å². The van der Waals surface area contributed by atoms with E-state index in [2.05, 4.69) is 10.5 Å². The average molecular weight is 379 g/mol. The molecule has 140 valence electrons. The zero-order chi connectivity index (χ0) is 20.2. The van der Waals surface area contributed by atoms with Crippen molar-refractivity contribution in [3.05, 3.63) is 89.5 Å². The van der Waals surface area contributed by atoms with E-state index in [0.29, 0.717) is 17.0 Å². The molecule has 0 aliphatic rings. The van der Waals surface area contributed by atoms with E-state index in [4.69, 9.17) is 4.52 Å². The molecule has 0 spiro atoms. The third kappa shape index (κ3) is 3.78. The Bertz CT molecular complexity index is 1260. The first-order valence-corrected chi connectivity index (χ1v) is 9.09. The summed E-state index contributed by atoms with van der Waals surface area (Å²) in [4.78, 5) is 12.6. The quantitative estimate of drug-likeness (QED) is 0.383. The number of carbonyl (C=O) groups is 1. The summed E-state index contributed by atoms with van der Waals surface area (Å²) in [6, 6.07) is 24.6. The van der Waals surface area contributed by atoms with Crippen molar-refractivity contribution >= 4 is 28.6 Å². The van der Waals surface area contributed by atoms with Crippen molar-refractivity contribution in [2.75, 3.05) is 5.32 Å². The normalized spacial score (nSPS) is 11.2. The van der Waals surface area contributed by atoms with Crippen molar-refractivity contribution in [3.8, 4) is 17.4 Å². The van der Waals surface area contributed by atoms with Gasteiger partial charge in [0.25, 0.3) is 5.91 Å². The summed E-state index contributed by atoms with van der Waals surface area (Å²) in [5.41, 5.74) is 3.97. The van der Waals surface area contributed by atoms with Gasteiger partial charge in [0.15, 0.2) is 5.76 Å². The second kappa shape index (κ2) is 7.83. The number of nitrogens with zero attached hydrogens (tertiary/aromatic N) is 2. The van der Waals surface area contributed by atoms with Gasteiger partial charge in [0.05, 0.1) is 5.39 Å². The summed E-state index contributed by atoms with van der Waals surface area (Å²) in [5, 5.41) is 17.2. The number of anilines is 1. The van der Waals surface area contributed by atoms with Crippen LogP contribution in [0.25, 0.3) is 28.3 Å². The standard InChI is InChI=1S/C24H17N3O2/c1-16-7-5-6-10-21(16)26-24(28)19(15-25)13-17-11-12-22-20(14-17)23(29-27-22)18-8-3-2-4-9-18/h2-14H,1H3,(H,26,28)/b19-13+. The number of aromatic nitrogens is 1. The molecule has 0 aliphatic carbocycles. The molecular weight excluding hydrogens is 362 g/mol. The molecule has 0 unspecified atom stereocenters. The molecule has 29 heavy (non-hydrogen) atoms. The Morgan fingerprint density at radius 2 is 1.83 bits per heavy atom. The fourth-order valence-electron chi connectivity index (χ4n) is 3.06. The lowest BCUT2D eigenvalue weighted by molar-refractivity contribution is -0.112. The Balaban J connectivity index is 1.68. The number of hydrogen-bond donors (Lipinski definition) is 1. The molecular formula is C24H17N3O2. The second-order valence-corrected chi connectivity index (χ2v) is 6.59. The molecule has 1 N–H and O–H groups in total. The minimum Gasteiger partial charge on any atom is -0.355 e. The van der Waals surface area contributed by atoms with E-state index < -0.39 is 5.91 Å². The smallest absolute Gasteiger partial charge is 0.266 e. The van der Waals surface area contributed by atoms with Crippen molar-refractivity contribution in [1.29, 1.82) is 5.26 Å². The van der Waals surface area contributed by atoms with Crippen LogP contribution in [0.4, 0.5) is 5.69 Å². The predicted molar refractivity (Wildman–Crippen MR) is 113 cm³/mol. The minimum atomic E-state index is -0.449. The number of hydrogen-bond acceptors (Lipinski definition) is 4. The third-order valence-electron chi connectivity index (χ3n) is 4.61. The van der Waals surface area contributed by atoms with E-state index in [-0.39, 0.29) is 5.57 Å². The molecule has 4 rings (SSSR count). The van der Waals surface area contributed by atoms with E-state index in [1.807, 2.05) is 73.7 Å². The lowest BCUT2D eigenvalue weighted by Crippen LogP contribution is -2.14. The molecule has 1 heterocycles. The van der Waals surface area contributed by atoms with Gasteiger partial charge in [0.1, 0.15) is 17.2 Å². The maximum absolute atomic E-state index is 12.6. The first kappa shape index (κ1) is 18.2. The summed E-state index contributed by atoms with van der Waals surface area (Å²) in [7, 11) is 0. The Labute approximate surface area is 167 Å². The number of benzene rings is 3. The molecule has 0 radical (unpaired) electrons. The number of fused-ring (bicyclic) bond motifs is 1. The molecule has 0 atom stereocenters. The fraction of sp³-hybridized carbons (Fsp3) is 0.0417. The van der Waals surface area contributed by atoms with Crippen molar-refractivity contribution < 1.29 is 9.32 Å². The molecule has 1 aromatic heterocycles. The van der Waals surface area contributed by atoms with E-state index in [1.54, 1.807) is 18.2 Å². The summed E-state index contributed by atoms with van der Waals surface area (Å²) in [6.45, 7) is 1.90. The highest BCUT2D eigenvalue weighted by Crippen LogP contribution is 2.29. The summed E-state index contributed by atoms with van der Waals surface area (Å²) < 4.78 is 5.51. The van der Waals surface area contributed by atoms with Crippen molar-refractivity contribution in [2.24, 2.45) is 0 Å². The van der Waals surface area contributed by atoms with E-state index in [1.165, 1.54) is 0 Å². The van der Waals surface area contributed by atoms with Gasteiger partial charge in [0, 0.05) is 11.3 Å². The molecule has 0 saturated carbocycles. The largest absolute Gasteiger partial charge is 0.355 e. The van der Waals surface area contributed by atoms with Crippen molar-refractivity contribution in [1.82, 2.24) is 5.16 Å². The Morgan fingerprint density at radius 1 is 1.07 bits per heavy atom. The highest BCUT2D eigenvalue weighted by atomic mass is 16.5. The summed E-state index contributed by atoms with van der Waals surface area (Å²) in [6.07, 6.45) is 1.56. The van der Waals surface area contributed by atoms with Crippen LogP contribution < -0.4 is 5.32 Å². The van der Waals surface area contributed by atoms with Crippen LogP contribution in [-0.2, 0) is 4.79 Å². The summed E-state index contributed by atoms with van der Waals surface area (Å²) >= 11 is 0. The molecule has 0 fully saturated rings. The maximum atomic E-state index is 12.6. The molecule has 1 amide bonds. The minimum absolute atomic E-state index is 0.0188. The first-order chi connectivity index (χ1) is 14.2. The van der Waals surface area contributed by atoms with Crippen LogP contribution in [0.15, 0.2) is 82.9 Å². The van der Waals surface area contributed by atoms with Gasteiger partial charge >= 0.3 is 0 Å². The van der Waals surface area contributed by atoms with E-state index in [0.717, 1.165) is 22.1 Å². The van der Waals surface area contributed by atoms with Crippen molar-refractivity contribution in [3.63, 3.8) is 0 Å². The number of para-hydroxylation sites is 1. The van der Waals surface area contributed by atoms with Gasteiger partial charge in [-0.05, 0) is 42.3 Å². The highest BCUT2D eigenvalue weighted by molar-refractivity contribution is 6.10. The molecule has 5 nitrogen and oxygen atoms in total. The zero-order valence-electron chi connectivity index (χ0n) is 15.7. The Hall–Kier alpha value is -4.17. The second-order valence-electron chi connectivity index (χ2n) is 6.59. The monoisotopic (exact) mass is 379 g/mol. The Kier molecular flexibility index (Phi) is 4.91. The maximum Gasteiger partial charge on any atom is 0.266 e. The number of nitrogens with one attached hydrogen (secondary N) is 1. The predicted octanol–water partition coefficient (Wildman–Crippen LogP) is 5.35. The molecule has 3 aromatic carbocycles. The average Bonchev–Trinajstić information content (AvgIpc) is 3.17. The molecule has 0 aliphatic heterocycles. The number of nitriles is 1. The molecule has 0 bridgehead atoms. The summed E-state index contributed by atoms with van der Waals surface area (Å²) in [5.74, 6) is 0.203. The van der Waals surface area contributed by atoms with Crippen molar-refractivity contribution in [2.45, 2.75) is 6.92 Å². The van der Waals surface area contributed by atoms with E-state index >= 15 is 0 Å². The van der Waals surface area contributed by atoms with Gasteiger partial charge in [-0.2, -0.15) is 5.26 Å². The molecule has 0 saturated heterocycles. The third-order valence-corrected chi connectivity index (χ3v) is 4.61. The number of amides is 1. The van der Waals surface area contributed by atoms with Crippen LogP contribution >= 0.6 is 0 Å². The van der Waals surface area contributed by atoms with Gasteiger partial charge in [0.2, 0.25) is 0 Å². The van der Waals surface area contributed by atoms with Gasteiger partial charge in [-0.15, -0.1) is 0 Å². The number of aryl methyl sites for hydroxylation is 1. The van der Waals surface area contributed by atoms with Gasteiger partial charge in [-0.3, -0.25) is 4.79 Å². The SMILES string of the molecule is Cc1ccccc1NC(=O)/C(C#N)=C/c1ccc2noc(-c3ccccc3)c2c1. The number of rotatable bonds is 4. The molecule has 5 heteroatoms. The highest BCUT2D eigenvalue weighted by Gasteiger charge is 2.13. The lowest BCUT2D eigenvalue weighted by Gasteiger charge is -2.07. The van der Waals surface area contributed by atoms with Crippen LogP contribution in [-0.4, -0.2) is 11.1 Å². The van der Waals surface area contributed by atoms with Crippen LogP contribution in [0.2, 0.25) is 0 Å². The first-order valence-electron chi connectivity index (χ1n) is 9.09. The van der Waals surface area contributed by atoms with Crippen LogP contribution in [0.5, 0.6) is 0 Å². The zero-order valence-corrected chi connectivity index (χ0v) is 15.7. The number of carbonyl (C=O) groups excluding carboxylic acids is 1. The van der Waals surface area contributed by atoms with E-state index in [9.17, 15) is 10.1 Å². The topological polar surface area (TPSA) is 78.9 Å². The Morgan fingerprint density at radius 3 is 2.59 bits per heavy atom. The van der Waals surface area contributed by atoms with Crippen LogP contribution in [0.1, 0.15) is 11.1 Å². The van der Waals surface area contributed by atoms with Crippen LogP contribution in [0, 0.1) is 18.3 Å². The van der Waals surface area contributed by atoms with Crippen LogP contribution in [0.3, 0.4) is 0 Å². The lowest BCUT2D eigenvalue weighted by atomic mass is 10.0. The molecule has 4 aromatic rings. The van der Waals surface area contributed by atoms with Gasteiger partial charge < -0.3 is 9.84 Å². The van der Waals surface area contributed by atoms with Gasteiger partial charge in [-0.1, -0.05) is 59.8 Å². The fourth-order valence-corrected chi connectivity index (χ4v) is 3.06.